The van der Waals surface area contributed by atoms with Gasteiger partial charge < -0.3 is 9.64 Å². The molecule has 0 saturated carbocycles. The van der Waals surface area contributed by atoms with E-state index in [2.05, 4.69) is 29.2 Å². The molecule has 0 unspecified atom stereocenters. The van der Waals surface area contributed by atoms with E-state index < -0.39 is 0 Å². The second kappa shape index (κ2) is 8.77. The maximum atomic E-state index is 12.1. The van der Waals surface area contributed by atoms with Crippen molar-refractivity contribution in [1.82, 2.24) is 9.88 Å². The topological polar surface area (TPSA) is 42.4 Å². The highest BCUT2D eigenvalue weighted by Gasteiger charge is 2.31. The summed E-state index contributed by atoms with van der Waals surface area (Å²) in [7, 11) is 0. The van der Waals surface area contributed by atoms with E-state index >= 15 is 0 Å². The number of piperidine rings is 1. The van der Waals surface area contributed by atoms with E-state index in [1.54, 1.807) is 12.4 Å². The minimum Gasteiger partial charge on any atom is -0.373 e. The number of hydrogen-bond donors (Lipinski definition) is 0. The number of hydrogen-bond acceptors (Lipinski definition) is 3. The standard InChI is InChI=1S/C21H26N2O2/c1-2-21(24)23-13-10-20(25-16-18-8-11-22-12-9-18)19(15-23)14-17-6-4-3-5-7-17/h3-9,11-12,19-20H,2,10,13-16H2,1H3/t19-,20-/m0/s1. The van der Waals surface area contributed by atoms with E-state index in [-0.39, 0.29) is 12.0 Å². The maximum absolute atomic E-state index is 12.1. The van der Waals surface area contributed by atoms with Gasteiger partial charge in [-0.2, -0.15) is 0 Å². The summed E-state index contributed by atoms with van der Waals surface area (Å²) in [4.78, 5) is 18.2. The summed E-state index contributed by atoms with van der Waals surface area (Å²) in [5, 5.41) is 0. The molecule has 25 heavy (non-hydrogen) atoms. The van der Waals surface area contributed by atoms with Crippen LogP contribution in [0.25, 0.3) is 0 Å². The lowest BCUT2D eigenvalue weighted by atomic mass is 9.88. The average Bonchev–Trinajstić information content (AvgIpc) is 2.68. The predicted molar refractivity (Wildman–Crippen MR) is 97.9 cm³/mol. The number of aromatic nitrogens is 1. The summed E-state index contributed by atoms with van der Waals surface area (Å²) in [5.74, 6) is 0.569. The van der Waals surface area contributed by atoms with Crippen LogP contribution >= 0.6 is 0 Å². The summed E-state index contributed by atoms with van der Waals surface area (Å²) in [6.45, 7) is 4.10. The summed E-state index contributed by atoms with van der Waals surface area (Å²) >= 11 is 0. The van der Waals surface area contributed by atoms with Crippen LogP contribution in [0.2, 0.25) is 0 Å². The van der Waals surface area contributed by atoms with E-state index in [0.717, 1.165) is 31.5 Å². The first kappa shape index (κ1) is 17.6. The number of ether oxygens (including phenoxy) is 1. The van der Waals surface area contributed by atoms with Crippen molar-refractivity contribution in [3.8, 4) is 0 Å². The second-order valence-electron chi connectivity index (χ2n) is 6.64. The van der Waals surface area contributed by atoms with Crippen LogP contribution in [0.1, 0.15) is 30.9 Å². The highest BCUT2D eigenvalue weighted by atomic mass is 16.5. The zero-order valence-corrected chi connectivity index (χ0v) is 14.8. The summed E-state index contributed by atoms with van der Waals surface area (Å²) in [5.41, 5.74) is 2.44. The minimum absolute atomic E-state index is 0.175. The first-order valence-corrected chi connectivity index (χ1v) is 9.08. The molecule has 0 radical (unpaired) electrons. The molecule has 2 atom stereocenters. The van der Waals surface area contributed by atoms with Gasteiger partial charge in [0.05, 0.1) is 12.7 Å². The third kappa shape index (κ3) is 4.89. The molecule has 3 rings (SSSR count). The van der Waals surface area contributed by atoms with Crippen molar-refractivity contribution in [2.24, 2.45) is 5.92 Å². The molecular weight excluding hydrogens is 312 g/mol. The van der Waals surface area contributed by atoms with E-state index in [1.807, 2.05) is 30.0 Å². The molecule has 0 spiro atoms. The SMILES string of the molecule is CCC(=O)N1CC[C@H](OCc2ccncc2)[C@@H](Cc2ccccc2)C1. The third-order valence-corrected chi connectivity index (χ3v) is 4.87. The zero-order chi connectivity index (χ0) is 17.5. The van der Waals surface area contributed by atoms with Crippen molar-refractivity contribution in [2.75, 3.05) is 13.1 Å². The smallest absolute Gasteiger partial charge is 0.222 e. The number of amides is 1. The fourth-order valence-corrected chi connectivity index (χ4v) is 3.48. The molecule has 1 aromatic carbocycles. The molecule has 1 aromatic heterocycles. The molecule has 1 aliphatic rings. The molecule has 2 heterocycles. The highest BCUT2D eigenvalue weighted by Crippen LogP contribution is 2.25. The monoisotopic (exact) mass is 338 g/mol. The van der Waals surface area contributed by atoms with Crippen LogP contribution < -0.4 is 0 Å². The molecule has 0 aliphatic carbocycles. The average molecular weight is 338 g/mol. The summed E-state index contributed by atoms with van der Waals surface area (Å²) in [6, 6.07) is 14.5. The molecule has 4 nitrogen and oxygen atoms in total. The fourth-order valence-electron chi connectivity index (χ4n) is 3.48. The Balaban J connectivity index is 1.67. The van der Waals surface area contributed by atoms with Crippen molar-refractivity contribution >= 4 is 5.91 Å². The van der Waals surface area contributed by atoms with Gasteiger partial charge in [0, 0.05) is 37.8 Å². The number of carbonyl (C=O) groups is 1. The molecule has 0 N–H and O–H groups in total. The minimum atomic E-state index is 0.175. The van der Waals surface area contributed by atoms with E-state index in [4.69, 9.17) is 4.74 Å². The zero-order valence-electron chi connectivity index (χ0n) is 14.8. The molecule has 132 valence electrons. The number of benzene rings is 1. The van der Waals surface area contributed by atoms with Gasteiger partial charge in [-0.05, 0) is 36.1 Å². The normalized spacial score (nSPS) is 20.4. The van der Waals surface area contributed by atoms with E-state index in [9.17, 15) is 4.79 Å². The van der Waals surface area contributed by atoms with Crippen LogP contribution in [0.3, 0.4) is 0 Å². The van der Waals surface area contributed by atoms with Crippen molar-refractivity contribution in [3.63, 3.8) is 0 Å². The predicted octanol–water partition coefficient (Wildman–Crippen LogP) is 3.47. The lowest BCUT2D eigenvalue weighted by Gasteiger charge is -2.38. The van der Waals surface area contributed by atoms with Crippen LogP contribution in [0, 0.1) is 5.92 Å². The second-order valence-corrected chi connectivity index (χ2v) is 6.64. The van der Waals surface area contributed by atoms with Gasteiger partial charge in [0.15, 0.2) is 0 Å². The van der Waals surface area contributed by atoms with E-state index in [1.165, 1.54) is 5.56 Å². The Labute approximate surface area is 149 Å². The van der Waals surface area contributed by atoms with Gasteiger partial charge in [-0.15, -0.1) is 0 Å². The summed E-state index contributed by atoms with van der Waals surface area (Å²) in [6.07, 6.45) is 6.17. The first-order chi connectivity index (χ1) is 12.3. The summed E-state index contributed by atoms with van der Waals surface area (Å²) < 4.78 is 6.25. The Morgan fingerprint density at radius 3 is 2.64 bits per heavy atom. The fraction of sp³-hybridized carbons (Fsp3) is 0.429. The Hall–Kier alpha value is -2.20. The quantitative estimate of drug-likeness (QED) is 0.810. The third-order valence-electron chi connectivity index (χ3n) is 4.87. The molecule has 1 aliphatic heterocycles. The van der Waals surface area contributed by atoms with Gasteiger partial charge in [-0.3, -0.25) is 9.78 Å². The number of rotatable bonds is 6. The maximum Gasteiger partial charge on any atom is 0.222 e. The number of carbonyl (C=O) groups excluding carboxylic acids is 1. The largest absolute Gasteiger partial charge is 0.373 e. The van der Waals surface area contributed by atoms with Gasteiger partial charge in [-0.1, -0.05) is 37.3 Å². The lowest BCUT2D eigenvalue weighted by Crippen LogP contribution is -2.47. The molecule has 1 saturated heterocycles. The number of nitrogens with zero attached hydrogens (tertiary/aromatic N) is 2. The molecule has 4 heteroatoms. The number of pyridine rings is 1. The van der Waals surface area contributed by atoms with Gasteiger partial charge in [-0.25, -0.2) is 0 Å². The Bertz CT molecular complexity index is 660. The molecule has 2 aromatic rings. The van der Waals surface area contributed by atoms with Gasteiger partial charge in [0.2, 0.25) is 5.91 Å². The molecular formula is C21H26N2O2. The molecule has 1 amide bonds. The van der Waals surface area contributed by atoms with Gasteiger partial charge in [0.25, 0.3) is 0 Å². The highest BCUT2D eigenvalue weighted by molar-refractivity contribution is 5.75. The Kier molecular flexibility index (Phi) is 6.18. The van der Waals surface area contributed by atoms with Crippen molar-refractivity contribution in [3.05, 3.63) is 66.0 Å². The van der Waals surface area contributed by atoms with Crippen LogP contribution in [0.4, 0.5) is 0 Å². The van der Waals surface area contributed by atoms with Crippen LogP contribution in [-0.4, -0.2) is 35.0 Å². The lowest BCUT2D eigenvalue weighted by molar-refractivity contribution is -0.136. The van der Waals surface area contributed by atoms with Crippen molar-refractivity contribution in [2.45, 2.75) is 38.9 Å². The first-order valence-electron chi connectivity index (χ1n) is 9.08. The van der Waals surface area contributed by atoms with Crippen molar-refractivity contribution < 1.29 is 9.53 Å². The Morgan fingerprint density at radius 1 is 1.16 bits per heavy atom. The number of likely N-dealkylation sites (tertiary alicyclic amines) is 1. The van der Waals surface area contributed by atoms with Gasteiger partial charge >= 0.3 is 0 Å². The van der Waals surface area contributed by atoms with Gasteiger partial charge in [0.1, 0.15) is 0 Å². The van der Waals surface area contributed by atoms with Crippen molar-refractivity contribution in [1.29, 1.82) is 0 Å². The van der Waals surface area contributed by atoms with Crippen LogP contribution in [0.5, 0.6) is 0 Å². The van der Waals surface area contributed by atoms with Crippen LogP contribution in [-0.2, 0) is 22.6 Å². The van der Waals surface area contributed by atoms with E-state index in [0.29, 0.717) is 18.9 Å². The molecule has 1 fully saturated rings. The molecule has 0 bridgehead atoms. The van der Waals surface area contributed by atoms with Crippen LogP contribution in [0.15, 0.2) is 54.9 Å². The Morgan fingerprint density at radius 2 is 1.92 bits per heavy atom.